The predicted octanol–water partition coefficient (Wildman–Crippen LogP) is 3.85. The van der Waals surface area contributed by atoms with E-state index in [4.69, 9.17) is 0 Å². The Hall–Kier alpha value is -0.960. The maximum absolute atomic E-state index is 13.8. The Kier molecular flexibility index (Phi) is 4.33. The van der Waals surface area contributed by atoms with E-state index in [0.29, 0.717) is 17.5 Å². The third-order valence-electron chi connectivity index (χ3n) is 4.10. The Bertz CT molecular complexity index is 405. The van der Waals surface area contributed by atoms with Crippen molar-refractivity contribution in [3.05, 3.63) is 35.4 Å². The molecule has 1 aromatic rings. The summed E-state index contributed by atoms with van der Waals surface area (Å²) < 4.78 is 27.1. The van der Waals surface area contributed by atoms with E-state index in [-0.39, 0.29) is 5.92 Å². The van der Waals surface area contributed by atoms with Gasteiger partial charge >= 0.3 is 0 Å². The van der Waals surface area contributed by atoms with Gasteiger partial charge in [-0.1, -0.05) is 26.0 Å². The standard InChI is InChI=1S/C15H21F2N/c1-3-9-18-14-8-7-11(10(14)2)12-5-4-6-13(16)15(12)17/h4-6,10-11,14,18H,3,7-9H2,1-2H3. The normalized spacial score (nSPS) is 27.7. The molecular weight excluding hydrogens is 232 g/mol. The molecule has 0 saturated heterocycles. The first kappa shape index (κ1) is 13.5. The van der Waals surface area contributed by atoms with E-state index in [2.05, 4.69) is 19.2 Å². The maximum Gasteiger partial charge on any atom is 0.162 e. The van der Waals surface area contributed by atoms with Gasteiger partial charge in [-0.15, -0.1) is 0 Å². The molecule has 18 heavy (non-hydrogen) atoms. The van der Waals surface area contributed by atoms with E-state index < -0.39 is 11.6 Å². The minimum absolute atomic E-state index is 0.134. The number of hydrogen-bond acceptors (Lipinski definition) is 1. The molecule has 0 amide bonds. The molecule has 0 spiro atoms. The summed E-state index contributed by atoms with van der Waals surface area (Å²) in [6.45, 7) is 5.26. The molecule has 1 N–H and O–H groups in total. The molecule has 1 aliphatic carbocycles. The minimum Gasteiger partial charge on any atom is -0.314 e. The molecule has 2 rings (SSSR count). The summed E-state index contributed by atoms with van der Waals surface area (Å²) in [5.41, 5.74) is 0.545. The fraction of sp³-hybridized carbons (Fsp3) is 0.600. The van der Waals surface area contributed by atoms with Crippen LogP contribution in [0.3, 0.4) is 0 Å². The average molecular weight is 253 g/mol. The van der Waals surface area contributed by atoms with Crippen molar-refractivity contribution in [3.8, 4) is 0 Å². The zero-order valence-corrected chi connectivity index (χ0v) is 11.0. The summed E-state index contributed by atoms with van der Waals surface area (Å²) in [4.78, 5) is 0. The highest BCUT2D eigenvalue weighted by Gasteiger charge is 2.34. The molecular formula is C15H21F2N. The Morgan fingerprint density at radius 3 is 2.78 bits per heavy atom. The smallest absolute Gasteiger partial charge is 0.162 e. The lowest BCUT2D eigenvalue weighted by Gasteiger charge is -2.22. The fourth-order valence-corrected chi connectivity index (χ4v) is 3.03. The van der Waals surface area contributed by atoms with E-state index in [1.54, 1.807) is 12.1 Å². The zero-order valence-electron chi connectivity index (χ0n) is 11.0. The van der Waals surface area contributed by atoms with E-state index in [1.165, 1.54) is 6.07 Å². The fourth-order valence-electron chi connectivity index (χ4n) is 3.03. The average Bonchev–Trinajstić information content (AvgIpc) is 2.72. The van der Waals surface area contributed by atoms with Crippen LogP contribution in [-0.4, -0.2) is 12.6 Å². The van der Waals surface area contributed by atoms with Crippen LogP contribution in [0.15, 0.2) is 18.2 Å². The van der Waals surface area contributed by atoms with Crippen molar-refractivity contribution in [1.82, 2.24) is 5.32 Å². The number of benzene rings is 1. The Morgan fingerprint density at radius 2 is 2.06 bits per heavy atom. The molecule has 0 aromatic heterocycles. The highest BCUT2D eigenvalue weighted by Crippen LogP contribution is 2.40. The molecule has 100 valence electrons. The van der Waals surface area contributed by atoms with Crippen molar-refractivity contribution >= 4 is 0 Å². The Balaban J connectivity index is 2.13. The predicted molar refractivity (Wildman–Crippen MR) is 69.6 cm³/mol. The largest absolute Gasteiger partial charge is 0.314 e. The van der Waals surface area contributed by atoms with E-state index >= 15 is 0 Å². The summed E-state index contributed by atoms with van der Waals surface area (Å²) in [6.07, 6.45) is 3.08. The second-order valence-electron chi connectivity index (χ2n) is 5.25. The van der Waals surface area contributed by atoms with Gasteiger partial charge in [0.05, 0.1) is 0 Å². The number of hydrogen-bond donors (Lipinski definition) is 1. The minimum atomic E-state index is -0.732. The lowest BCUT2D eigenvalue weighted by Crippen LogP contribution is -2.33. The van der Waals surface area contributed by atoms with Crippen LogP contribution in [0.4, 0.5) is 8.78 Å². The molecule has 3 heteroatoms. The van der Waals surface area contributed by atoms with Gasteiger partial charge in [-0.05, 0) is 49.3 Å². The quantitative estimate of drug-likeness (QED) is 0.859. The molecule has 0 bridgehead atoms. The van der Waals surface area contributed by atoms with Gasteiger partial charge in [0.15, 0.2) is 11.6 Å². The van der Waals surface area contributed by atoms with Gasteiger partial charge in [0.2, 0.25) is 0 Å². The zero-order chi connectivity index (χ0) is 13.1. The van der Waals surface area contributed by atoms with Crippen molar-refractivity contribution in [3.63, 3.8) is 0 Å². The molecule has 1 aliphatic rings. The summed E-state index contributed by atoms with van der Waals surface area (Å²) in [5.74, 6) is -0.905. The molecule has 0 heterocycles. The van der Waals surface area contributed by atoms with Gasteiger partial charge in [0.1, 0.15) is 0 Å². The SMILES string of the molecule is CCCNC1CCC(c2cccc(F)c2F)C1C. The van der Waals surface area contributed by atoms with Crippen molar-refractivity contribution < 1.29 is 8.78 Å². The van der Waals surface area contributed by atoms with Gasteiger partial charge in [0.25, 0.3) is 0 Å². The molecule has 1 nitrogen and oxygen atoms in total. The maximum atomic E-state index is 13.8. The molecule has 3 unspecified atom stereocenters. The first-order valence-corrected chi connectivity index (χ1v) is 6.82. The highest BCUT2D eigenvalue weighted by molar-refractivity contribution is 5.25. The number of halogens is 2. The summed E-state index contributed by atoms with van der Waals surface area (Å²) in [7, 11) is 0. The number of nitrogens with one attached hydrogen (secondary N) is 1. The van der Waals surface area contributed by atoms with Crippen LogP contribution in [0, 0.1) is 17.6 Å². The van der Waals surface area contributed by atoms with Gasteiger partial charge in [-0.25, -0.2) is 8.78 Å². The lowest BCUT2D eigenvalue weighted by molar-refractivity contribution is 0.394. The van der Waals surface area contributed by atoms with Crippen molar-refractivity contribution in [2.24, 2.45) is 5.92 Å². The van der Waals surface area contributed by atoms with Gasteiger partial charge in [0, 0.05) is 6.04 Å². The van der Waals surface area contributed by atoms with Crippen LogP contribution in [0.25, 0.3) is 0 Å². The van der Waals surface area contributed by atoms with E-state index in [9.17, 15) is 8.78 Å². The summed E-state index contributed by atoms with van der Waals surface area (Å²) in [5, 5.41) is 3.50. The van der Waals surface area contributed by atoms with Gasteiger partial charge in [-0.2, -0.15) is 0 Å². The second-order valence-corrected chi connectivity index (χ2v) is 5.25. The molecule has 1 aromatic carbocycles. The second kappa shape index (κ2) is 5.79. The summed E-state index contributed by atoms with van der Waals surface area (Å²) >= 11 is 0. The Labute approximate surface area is 108 Å². The monoisotopic (exact) mass is 253 g/mol. The van der Waals surface area contributed by atoms with Crippen LogP contribution >= 0.6 is 0 Å². The Morgan fingerprint density at radius 1 is 1.28 bits per heavy atom. The van der Waals surface area contributed by atoms with Crippen molar-refractivity contribution in [2.45, 2.75) is 45.1 Å². The van der Waals surface area contributed by atoms with Crippen LogP contribution < -0.4 is 5.32 Å². The molecule has 3 atom stereocenters. The first-order chi connectivity index (χ1) is 8.65. The van der Waals surface area contributed by atoms with Crippen LogP contribution in [-0.2, 0) is 0 Å². The molecule has 1 saturated carbocycles. The van der Waals surface area contributed by atoms with Crippen molar-refractivity contribution in [2.75, 3.05) is 6.54 Å². The molecule has 0 radical (unpaired) electrons. The van der Waals surface area contributed by atoms with Crippen LogP contribution in [0.2, 0.25) is 0 Å². The third kappa shape index (κ3) is 2.56. The van der Waals surface area contributed by atoms with E-state index in [0.717, 1.165) is 25.8 Å². The first-order valence-electron chi connectivity index (χ1n) is 6.82. The third-order valence-corrected chi connectivity index (χ3v) is 4.10. The van der Waals surface area contributed by atoms with E-state index in [1.807, 2.05) is 0 Å². The van der Waals surface area contributed by atoms with Crippen LogP contribution in [0.1, 0.15) is 44.6 Å². The van der Waals surface area contributed by atoms with Gasteiger partial charge < -0.3 is 5.32 Å². The van der Waals surface area contributed by atoms with Gasteiger partial charge in [-0.3, -0.25) is 0 Å². The molecule has 1 fully saturated rings. The molecule has 0 aliphatic heterocycles. The highest BCUT2D eigenvalue weighted by atomic mass is 19.2. The lowest BCUT2D eigenvalue weighted by atomic mass is 9.88. The topological polar surface area (TPSA) is 12.0 Å². The van der Waals surface area contributed by atoms with Crippen LogP contribution in [0.5, 0.6) is 0 Å². The van der Waals surface area contributed by atoms with Crippen molar-refractivity contribution in [1.29, 1.82) is 0 Å². The summed E-state index contributed by atoms with van der Waals surface area (Å²) in [6, 6.07) is 4.94. The number of rotatable bonds is 4.